The molecule has 0 spiro atoms. The average molecular weight is 294 g/mol. The summed E-state index contributed by atoms with van der Waals surface area (Å²) < 4.78 is 28.4. The molecule has 0 amide bonds. The third-order valence-electron chi connectivity index (χ3n) is 3.03. The first-order chi connectivity index (χ1) is 9.42. The maximum atomic E-state index is 12.2. The fourth-order valence-corrected chi connectivity index (χ4v) is 3.39. The van der Waals surface area contributed by atoms with Gasteiger partial charge in [0.15, 0.2) is 0 Å². The predicted octanol–water partition coefficient (Wildman–Crippen LogP) is 0.832. The Morgan fingerprint density at radius 2 is 1.95 bits per heavy atom. The third kappa shape index (κ3) is 3.00. The van der Waals surface area contributed by atoms with Crippen molar-refractivity contribution in [2.75, 3.05) is 12.3 Å². The first-order valence-electron chi connectivity index (χ1n) is 6.24. The van der Waals surface area contributed by atoms with Crippen molar-refractivity contribution in [3.63, 3.8) is 0 Å². The summed E-state index contributed by atoms with van der Waals surface area (Å²) in [6.07, 6.45) is 0.624. The molecule has 0 saturated heterocycles. The molecule has 0 aliphatic rings. The largest absolute Gasteiger partial charge is 0.383 e. The number of hydrogen-bond donors (Lipinski definition) is 2. The number of nitrogens with one attached hydrogen (secondary N) is 1. The summed E-state index contributed by atoms with van der Waals surface area (Å²) in [4.78, 5) is 0.0630. The Labute approximate surface area is 118 Å². The molecule has 0 saturated carbocycles. The van der Waals surface area contributed by atoms with Crippen LogP contribution in [0.25, 0.3) is 0 Å². The van der Waals surface area contributed by atoms with Crippen molar-refractivity contribution >= 4 is 15.8 Å². The number of benzene rings is 1. The van der Waals surface area contributed by atoms with Crippen molar-refractivity contribution < 1.29 is 8.42 Å². The van der Waals surface area contributed by atoms with Gasteiger partial charge in [0, 0.05) is 13.6 Å². The topological polar surface area (TPSA) is 90.0 Å². The molecule has 6 nitrogen and oxygen atoms in total. The molecular weight excluding hydrogens is 276 g/mol. The van der Waals surface area contributed by atoms with Crippen molar-refractivity contribution in [3.05, 3.63) is 41.6 Å². The number of nitrogens with zero attached hydrogens (tertiary/aromatic N) is 2. The van der Waals surface area contributed by atoms with E-state index in [2.05, 4.69) is 9.82 Å². The molecule has 0 aliphatic carbocycles. The highest BCUT2D eigenvalue weighted by atomic mass is 32.2. The molecule has 2 rings (SSSR count). The zero-order valence-electron chi connectivity index (χ0n) is 11.5. The summed E-state index contributed by atoms with van der Waals surface area (Å²) >= 11 is 0. The molecule has 1 heterocycles. The molecule has 1 aromatic carbocycles. The molecule has 0 radical (unpaired) electrons. The number of sulfonamides is 1. The van der Waals surface area contributed by atoms with Crippen molar-refractivity contribution in [1.29, 1.82) is 0 Å². The summed E-state index contributed by atoms with van der Waals surface area (Å²) in [6, 6.07) is 9.68. The van der Waals surface area contributed by atoms with Crippen molar-refractivity contribution in [2.24, 2.45) is 7.05 Å². The van der Waals surface area contributed by atoms with Crippen LogP contribution in [0.1, 0.15) is 11.3 Å². The molecule has 0 aliphatic heterocycles. The van der Waals surface area contributed by atoms with Gasteiger partial charge in [0.05, 0.1) is 5.69 Å². The van der Waals surface area contributed by atoms with E-state index in [0.29, 0.717) is 18.7 Å². The lowest BCUT2D eigenvalue weighted by Gasteiger charge is -2.07. The fraction of sp³-hybridized carbons (Fsp3) is 0.308. The standard InChI is InChI=1S/C13H18N4O2S/c1-10-12(13(14)17(2)16-10)20(18,19)15-9-8-11-6-4-3-5-7-11/h3-7,15H,8-9,14H2,1-2H3. The summed E-state index contributed by atoms with van der Waals surface area (Å²) in [6.45, 7) is 1.95. The van der Waals surface area contributed by atoms with Crippen LogP contribution >= 0.6 is 0 Å². The molecule has 7 heteroatoms. The molecular formula is C13H18N4O2S. The minimum atomic E-state index is -3.63. The van der Waals surface area contributed by atoms with Crippen LogP contribution in [0.2, 0.25) is 0 Å². The average Bonchev–Trinajstić information content (AvgIpc) is 2.64. The first-order valence-corrected chi connectivity index (χ1v) is 7.73. The number of nitrogen functional groups attached to an aromatic ring is 1. The van der Waals surface area contributed by atoms with E-state index in [-0.39, 0.29) is 10.7 Å². The van der Waals surface area contributed by atoms with Crippen LogP contribution in [0.5, 0.6) is 0 Å². The van der Waals surface area contributed by atoms with Gasteiger partial charge >= 0.3 is 0 Å². The Morgan fingerprint density at radius 3 is 2.50 bits per heavy atom. The Bertz CT molecular complexity index is 693. The SMILES string of the molecule is Cc1nn(C)c(N)c1S(=O)(=O)NCCc1ccccc1. The van der Waals surface area contributed by atoms with Gasteiger partial charge in [-0.1, -0.05) is 30.3 Å². The van der Waals surface area contributed by atoms with Crippen LogP contribution in [0, 0.1) is 6.92 Å². The Balaban J connectivity index is 2.08. The molecule has 108 valence electrons. The van der Waals surface area contributed by atoms with Crippen LogP contribution in [-0.2, 0) is 23.5 Å². The number of nitrogens with two attached hydrogens (primary N) is 1. The second kappa shape index (κ2) is 5.64. The molecule has 0 fully saturated rings. The van der Waals surface area contributed by atoms with Crippen LogP contribution in [-0.4, -0.2) is 24.7 Å². The van der Waals surface area contributed by atoms with Gasteiger partial charge in [-0.15, -0.1) is 0 Å². The van der Waals surface area contributed by atoms with Crippen LogP contribution in [0.3, 0.4) is 0 Å². The van der Waals surface area contributed by atoms with Gasteiger partial charge in [0.2, 0.25) is 10.0 Å². The van der Waals surface area contributed by atoms with E-state index in [9.17, 15) is 8.42 Å². The van der Waals surface area contributed by atoms with Crippen molar-refractivity contribution in [3.8, 4) is 0 Å². The lowest BCUT2D eigenvalue weighted by atomic mass is 10.2. The normalized spacial score (nSPS) is 11.7. The van der Waals surface area contributed by atoms with Gasteiger partial charge < -0.3 is 5.73 Å². The second-order valence-corrected chi connectivity index (χ2v) is 6.26. The molecule has 0 unspecified atom stereocenters. The summed E-state index contributed by atoms with van der Waals surface area (Å²) in [7, 11) is -2.01. The van der Waals surface area contributed by atoms with Crippen molar-refractivity contribution in [1.82, 2.24) is 14.5 Å². The van der Waals surface area contributed by atoms with E-state index in [1.807, 2.05) is 30.3 Å². The van der Waals surface area contributed by atoms with Crippen molar-refractivity contribution in [2.45, 2.75) is 18.2 Å². The van der Waals surface area contributed by atoms with E-state index in [1.54, 1.807) is 14.0 Å². The summed E-state index contributed by atoms with van der Waals surface area (Å²) in [5.41, 5.74) is 7.23. The minimum absolute atomic E-state index is 0.0630. The Morgan fingerprint density at radius 1 is 1.30 bits per heavy atom. The Hall–Kier alpha value is -1.86. The highest BCUT2D eigenvalue weighted by Gasteiger charge is 2.23. The number of rotatable bonds is 5. The number of hydrogen-bond acceptors (Lipinski definition) is 4. The first kappa shape index (κ1) is 14.5. The second-order valence-electron chi connectivity index (χ2n) is 4.56. The lowest BCUT2D eigenvalue weighted by molar-refractivity contribution is 0.581. The van der Waals surface area contributed by atoms with Crippen LogP contribution < -0.4 is 10.5 Å². The van der Waals surface area contributed by atoms with Gasteiger partial charge in [-0.3, -0.25) is 4.68 Å². The summed E-state index contributed by atoms with van der Waals surface area (Å²) in [5, 5.41) is 4.02. The van der Waals surface area contributed by atoms with Gasteiger partial charge in [-0.05, 0) is 18.9 Å². The predicted molar refractivity (Wildman–Crippen MR) is 77.7 cm³/mol. The van der Waals surface area contributed by atoms with E-state index in [4.69, 9.17) is 5.73 Å². The van der Waals surface area contributed by atoms with Gasteiger partial charge in [0.25, 0.3) is 0 Å². The monoisotopic (exact) mass is 294 g/mol. The Kier molecular flexibility index (Phi) is 4.10. The number of aryl methyl sites for hydroxylation is 2. The number of anilines is 1. The van der Waals surface area contributed by atoms with E-state index >= 15 is 0 Å². The minimum Gasteiger partial charge on any atom is -0.383 e. The number of aromatic nitrogens is 2. The van der Waals surface area contributed by atoms with Gasteiger partial charge in [-0.25, -0.2) is 13.1 Å². The molecule has 1 aromatic heterocycles. The highest BCUT2D eigenvalue weighted by molar-refractivity contribution is 7.89. The highest BCUT2D eigenvalue weighted by Crippen LogP contribution is 2.20. The fourth-order valence-electron chi connectivity index (χ4n) is 2.04. The van der Waals surface area contributed by atoms with E-state index in [1.165, 1.54) is 4.68 Å². The molecule has 3 N–H and O–H groups in total. The molecule has 2 aromatic rings. The van der Waals surface area contributed by atoms with Crippen LogP contribution in [0.15, 0.2) is 35.2 Å². The maximum Gasteiger partial charge on any atom is 0.246 e. The molecule has 0 bridgehead atoms. The molecule has 20 heavy (non-hydrogen) atoms. The lowest BCUT2D eigenvalue weighted by Crippen LogP contribution is -2.27. The maximum absolute atomic E-state index is 12.2. The van der Waals surface area contributed by atoms with E-state index < -0.39 is 10.0 Å². The van der Waals surface area contributed by atoms with E-state index in [0.717, 1.165) is 5.56 Å². The quantitative estimate of drug-likeness (QED) is 0.854. The van der Waals surface area contributed by atoms with Gasteiger partial charge in [-0.2, -0.15) is 5.10 Å². The zero-order valence-corrected chi connectivity index (χ0v) is 12.3. The third-order valence-corrected chi connectivity index (χ3v) is 4.65. The molecule has 0 atom stereocenters. The zero-order chi connectivity index (χ0) is 14.8. The smallest absolute Gasteiger partial charge is 0.246 e. The van der Waals surface area contributed by atoms with Gasteiger partial charge in [0.1, 0.15) is 10.7 Å². The summed E-state index contributed by atoms with van der Waals surface area (Å²) in [5.74, 6) is 0.148. The van der Waals surface area contributed by atoms with Crippen LogP contribution in [0.4, 0.5) is 5.82 Å².